The van der Waals surface area contributed by atoms with E-state index in [-0.39, 0.29) is 6.10 Å². The van der Waals surface area contributed by atoms with E-state index in [1.807, 2.05) is 16.9 Å². The van der Waals surface area contributed by atoms with Gasteiger partial charge in [0.25, 0.3) is 0 Å². The Morgan fingerprint density at radius 1 is 1.47 bits per heavy atom. The van der Waals surface area contributed by atoms with Crippen molar-refractivity contribution in [3.05, 3.63) is 18.0 Å². The van der Waals surface area contributed by atoms with Gasteiger partial charge >= 0.3 is 0 Å². The number of hydrogen-bond donors (Lipinski definition) is 1. The minimum atomic E-state index is -0.289. The Labute approximate surface area is 109 Å². The largest absolute Gasteiger partial charge is 0.392 e. The molecule has 98 valence electrons. The quantitative estimate of drug-likeness (QED) is 0.815. The van der Waals surface area contributed by atoms with Gasteiger partial charge in [-0.05, 0) is 37.3 Å². The molecular formula is C13H24N2OS. The first kappa shape index (κ1) is 14.6. The summed E-state index contributed by atoms with van der Waals surface area (Å²) in [5, 5.41) is 14.6. The lowest BCUT2D eigenvalue weighted by atomic mass is 10.0. The molecule has 0 fully saturated rings. The molecule has 0 saturated carbocycles. The molecule has 0 aliphatic rings. The summed E-state index contributed by atoms with van der Waals surface area (Å²) in [4.78, 5) is 0. The molecule has 3 unspecified atom stereocenters. The van der Waals surface area contributed by atoms with Gasteiger partial charge < -0.3 is 5.11 Å². The molecule has 3 atom stereocenters. The van der Waals surface area contributed by atoms with Crippen molar-refractivity contribution in [1.82, 2.24) is 9.78 Å². The SMILES string of the molecule is CCC(C)n1ccc(CC(O)C(C)CSC)n1. The summed E-state index contributed by atoms with van der Waals surface area (Å²) in [5.74, 6) is 1.31. The zero-order valence-corrected chi connectivity index (χ0v) is 12.1. The zero-order chi connectivity index (χ0) is 12.8. The molecule has 1 aromatic rings. The number of rotatable bonds is 7. The Morgan fingerprint density at radius 2 is 2.18 bits per heavy atom. The molecule has 0 radical (unpaired) electrons. The molecule has 1 N–H and O–H groups in total. The minimum Gasteiger partial charge on any atom is -0.392 e. The van der Waals surface area contributed by atoms with Gasteiger partial charge in [-0.3, -0.25) is 4.68 Å². The first-order valence-corrected chi connectivity index (χ1v) is 7.68. The first-order chi connectivity index (χ1) is 8.08. The van der Waals surface area contributed by atoms with Crippen molar-refractivity contribution in [2.75, 3.05) is 12.0 Å². The first-order valence-electron chi connectivity index (χ1n) is 6.29. The predicted molar refractivity (Wildman–Crippen MR) is 74.5 cm³/mol. The van der Waals surface area contributed by atoms with Gasteiger partial charge in [0, 0.05) is 18.7 Å². The smallest absolute Gasteiger partial charge is 0.0650 e. The van der Waals surface area contributed by atoms with Crippen LogP contribution in [0.4, 0.5) is 0 Å². The summed E-state index contributed by atoms with van der Waals surface area (Å²) in [6.45, 7) is 6.40. The number of aromatic nitrogens is 2. The van der Waals surface area contributed by atoms with Crippen molar-refractivity contribution >= 4 is 11.8 Å². The van der Waals surface area contributed by atoms with Gasteiger partial charge in [-0.15, -0.1) is 0 Å². The van der Waals surface area contributed by atoms with Gasteiger partial charge in [-0.2, -0.15) is 16.9 Å². The highest BCUT2D eigenvalue weighted by Gasteiger charge is 2.16. The number of aliphatic hydroxyl groups is 1. The normalized spacial score (nSPS) is 16.8. The highest BCUT2D eigenvalue weighted by molar-refractivity contribution is 7.98. The van der Waals surface area contributed by atoms with Crippen molar-refractivity contribution in [1.29, 1.82) is 0 Å². The number of hydrogen-bond acceptors (Lipinski definition) is 3. The van der Waals surface area contributed by atoms with E-state index < -0.39 is 0 Å². The molecule has 3 nitrogen and oxygen atoms in total. The third-order valence-electron chi connectivity index (χ3n) is 3.21. The Morgan fingerprint density at radius 3 is 2.76 bits per heavy atom. The Balaban J connectivity index is 2.54. The second-order valence-corrected chi connectivity index (χ2v) is 5.66. The van der Waals surface area contributed by atoms with E-state index in [4.69, 9.17) is 0 Å². The van der Waals surface area contributed by atoms with Gasteiger partial charge in [-0.25, -0.2) is 0 Å². The molecule has 1 aromatic heterocycles. The van der Waals surface area contributed by atoms with Crippen LogP contribution < -0.4 is 0 Å². The average Bonchev–Trinajstić information content (AvgIpc) is 2.76. The molecule has 0 aliphatic carbocycles. The van der Waals surface area contributed by atoms with E-state index in [1.165, 1.54) is 0 Å². The summed E-state index contributed by atoms with van der Waals surface area (Å²) >= 11 is 1.78. The van der Waals surface area contributed by atoms with Gasteiger partial charge in [0.1, 0.15) is 0 Å². The molecule has 1 heterocycles. The van der Waals surface area contributed by atoms with E-state index in [0.29, 0.717) is 18.4 Å². The summed E-state index contributed by atoms with van der Waals surface area (Å²) in [5.41, 5.74) is 0.991. The Bertz CT molecular complexity index is 327. The van der Waals surface area contributed by atoms with Crippen LogP contribution >= 0.6 is 11.8 Å². The third kappa shape index (κ3) is 4.36. The maximum absolute atomic E-state index is 10.0. The standard InChI is InChI=1S/C13H24N2OS/c1-5-11(3)15-7-6-12(14-15)8-13(16)10(2)9-17-4/h6-7,10-11,13,16H,5,8-9H2,1-4H3. The van der Waals surface area contributed by atoms with Crippen molar-refractivity contribution in [3.8, 4) is 0 Å². The van der Waals surface area contributed by atoms with Crippen molar-refractivity contribution in [2.24, 2.45) is 5.92 Å². The molecule has 0 spiro atoms. The fraction of sp³-hybridized carbons (Fsp3) is 0.769. The molecule has 17 heavy (non-hydrogen) atoms. The maximum atomic E-state index is 10.0. The third-order valence-corrected chi connectivity index (χ3v) is 4.07. The van der Waals surface area contributed by atoms with Crippen LogP contribution in [-0.2, 0) is 6.42 Å². The van der Waals surface area contributed by atoms with Crippen LogP contribution in [0.5, 0.6) is 0 Å². The molecule has 1 rings (SSSR count). The van der Waals surface area contributed by atoms with Gasteiger partial charge in [-0.1, -0.05) is 13.8 Å². The van der Waals surface area contributed by atoms with Crippen LogP contribution in [0.3, 0.4) is 0 Å². The number of aliphatic hydroxyl groups excluding tert-OH is 1. The fourth-order valence-corrected chi connectivity index (χ4v) is 2.46. The Kier molecular flexibility index (Phi) is 6.06. The summed E-state index contributed by atoms with van der Waals surface area (Å²) < 4.78 is 1.99. The van der Waals surface area contributed by atoms with Crippen LogP contribution in [0.2, 0.25) is 0 Å². The fourth-order valence-electron chi connectivity index (χ4n) is 1.71. The lowest BCUT2D eigenvalue weighted by Crippen LogP contribution is -2.22. The van der Waals surface area contributed by atoms with Crippen LogP contribution in [-0.4, -0.2) is 33.0 Å². The Hall–Kier alpha value is -0.480. The van der Waals surface area contributed by atoms with E-state index in [0.717, 1.165) is 17.9 Å². The molecule has 4 heteroatoms. The summed E-state index contributed by atoms with van der Waals surface area (Å²) in [6, 6.07) is 2.45. The molecule has 0 amide bonds. The average molecular weight is 256 g/mol. The summed E-state index contributed by atoms with van der Waals surface area (Å²) in [6.07, 6.45) is 5.52. The molecule has 0 saturated heterocycles. The van der Waals surface area contributed by atoms with Crippen LogP contribution in [0.25, 0.3) is 0 Å². The molecular weight excluding hydrogens is 232 g/mol. The van der Waals surface area contributed by atoms with E-state index in [1.54, 1.807) is 11.8 Å². The predicted octanol–water partition coefficient (Wildman–Crippen LogP) is 2.76. The highest BCUT2D eigenvalue weighted by Crippen LogP contribution is 2.15. The van der Waals surface area contributed by atoms with E-state index in [9.17, 15) is 5.11 Å². The maximum Gasteiger partial charge on any atom is 0.0650 e. The highest BCUT2D eigenvalue weighted by atomic mass is 32.2. The lowest BCUT2D eigenvalue weighted by Gasteiger charge is -2.16. The second-order valence-electron chi connectivity index (χ2n) is 4.75. The zero-order valence-electron chi connectivity index (χ0n) is 11.3. The molecule has 0 aromatic carbocycles. The molecule has 0 bridgehead atoms. The van der Waals surface area contributed by atoms with E-state index in [2.05, 4.69) is 32.1 Å². The van der Waals surface area contributed by atoms with Gasteiger partial charge in [0.2, 0.25) is 0 Å². The van der Waals surface area contributed by atoms with Crippen LogP contribution in [0, 0.1) is 5.92 Å². The minimum absolute atomic E-state index is 0.289. The number of nitrogens with zero attached hydrogens (tertiary/aromatic N) is 2. The topological polar surface area (TPSA) is 38.0 Å². The summed E-state index contributed by atoms with van der Waals surface area (Å²) in [7, 11) is 0. The van der Waals surface area contributed by atoms with Gasteiger partial charge in [0.15, 0.2) is 0 Å². The number of thioether (sulfide) groups is 1. The van der Waals surface area contributed by atoms with Gasteiger partial charge in [0.05, 0.1) is 11.8 Å². The molecule has 0 aliphatic heterocycles. The van der Waals surface area contributed by atoms with Crippen LogP contribution in [0.15, 0.2) is 12.3 Å². The second kappa shape index (κ2) is 7.07. The lowest BCUT2D eigenvalue weighted by molar-refractivity contribution is 0.126. The monoisotopic (exact) mass is 256 g/mol. The van der Waals surface area contributed by atoms with Crippen molar-refractivity contribution in [3.63, 3.8) is 0 Å². The van der Waals surface area contributed by atoms with E-state index >= 15 is 0 Å². The van der Waals surface area contributed by atoms with Crippen molar-refractivity contribution in [2.45, 2.75) is 45.8 Å². The van der Waals surface area contributed by atoms with Crippen molar-refractivity contribution < 1.29 is 5.11 Å². The van der Waals surface area contributed by atoms with Crippen LogP contribution in [0.1, 0.15) is 38.9 Å².